The number of piperidine rings is 1. The first-order valence-corrected chi connectivity index (χ1v) is 9.17. The molecule has 23 heavy (non-hydrogen) atoms. The van der Waals surface area contributed by atoms with E-state index in [0.29, 0.717) is 0 Å². The summed E-state index contributed by atoms with van der Waals surface area (Å²) >= 11 is 0. The Labute approximate surface area is 139 Å². The maximum atomic E-state index is 12.2. The topological polar surface area (TPSA) is 44.4 Å². The second kappa shape index (κ2) is 8.46. The van der Waals surface area contributed by atoms with Crippen LogP contribution in [0.25, 0.3) is 0 Å². The summed E-state index contributed by atoms with van der Waals surface area (Å²) < 4.78 is 0. The monoisotopic (exact) mass is 315 g/mol. The van der Waals surface area contributed by atoms with Crippen LogP contribution in [0.2, 0.25) is 0 Å². The minimum absolute atomic E-state index is 0.0273. The number of nitrogens with one attached hydrogen (secondary N) is 2. The lowest BCUT2D eigenvalue weighted by Gasteiger charge is -2.22. The number of carbonyl (C=O) groups excluding carboxylic acids is 1. The minimum atomic E-state index is -0.0273. The molecule has 0 bridgehead atoms. The van der Waals surface area contributed by atoms with Crippen molar-refractivity contribution in [2.45, 2.75) is 57.5 Å². The summed E-state index contributed by atoms with van der Waals surface area (Å²) in [5.41, 5.74) is 2.24. The Morgan fingerprint density at radius 3 is 2.43 bits per heavy atom. The van der Waals surface area contributed by atoms with Crippen molar-refractivity contribution in [3.8, 4) is 0 Å². The van der Waals surface area contributed by atoms with Gasteiger partial charge < -0.3 is 10.6 Å². The summed E-state index contributed by atoms with van der Waals surface area (Å²) in [6.07, 6.45) is 8.64. The molecule has 4 nitrogen and oxygen atoms in total. The maximum Gasteiger partial charge on any atom is 0.241 e. The Morgan fingerprint density at radius 1 is 1.04 bits per heavy atom. The van der Waals surface area contributed by atoms with Gasteiger partial charge >= 0.3 is 0 Å². The molecule has 1 aromatic carbocycles. The van der Waals surface area contributed by atoms with Crippen molar-refractivity contribution in [1.29, 1.82) is 0 Å². The average molecular weight is 315 g/mol. The van der Waals surface area contributed by atoms with E-state index in [0.717, 1.165) is 31.6 Å². The molecule has 2 aliphatic rings. The Kier molecular flexibility index (Phi) is 6.06. The van der Waals surface area contributed by atoms with Crippen molar-refractivity contribution >= 4 is 11.6 Å². The van der Waals surface area contributed by atoms with Crippen molar-refractivity contribution in [3.05, 3.63) is 29.8 Å². The van der Waals surface area contributed by atoms with Crippen LogP contribution in [0.3, 0.4) is 0 Å². The standard InChI is InChI=1S/C19H29N3O/c23-19(18-7-3-4-12-20-18)21-17-10-8-16(9-11-17)15-22-13-5-1-2-6-14-22/h8-11,18,20H,1-7,12-15H2,(H,21,23). The van der Waals surface area contributed by atoms with E-state index in [1.807, 2.05) is 12.1 Å². The number of anilines is 1. The highest BCUT2D eigenvalue weighted by Gasteiger charge is 2.20. The summed E-state index contributed by atoms with van der Waals surface area (Å²) in [6, 6.07) is 8.34. The van der Waals surface area contributed by atoms with E-state index < -0.39 is 0 Å². The van der Waals surface area contributed by atoms with E-state index in [1.54, 1.807) is 0 Å². The van der Waals surface area contributed by atoms with Crippen LogP contribution in [0.4, 0.5) is 5.69 Å². The van der Waals surface area contributed by atoms with Crippen molar-refractivity contribution in [2.24, 2.45) is 0 Å². The molecular formula is C19H29N3O. The van der Waals surface area contributed by atoms with Crippen LogP contribution in [0.1, 0.15) is 50.5 Å². The average Bonchev–Trinajstić information content (AvgIpc) is 2.86. The first kappa shape index (κ1) is 16.5. The summed E-state index contributed by atoms with van der Waals surface area (Å²) in [7, 11) is 0. The van der Waals surface area contributed by atoms with Crippen LogP contribution >= 0.6 is 0 Å². The zero-order chi connectivity index (χ0) is 15.9. The highest BCUT2D eigenvalue weighted by atomic mass is 16.2. The lowest BCUT2D eigenvalue weighted by Crippen LogP contribution is -2.43. The fourth-order valence-electron chi connectivity index (χ4n) is 3.55. The van der Waals surface area contributed by atoms with Gasteiger partial charge in [0.25, 0.3) is 0 Å². The molecule has 1 aromatic rings. The SMILES string of the molecule is O=C(Nc1ccc(CN2CCCCCC2)cc1)C1CCCCN1. The molecule has 2 aliphatic heterocycles. The molecule has 1 amide bonds. The van der Waals surface area contributed by atoms with Crippen LogP contribution < -0.4 is 10.6 Å². The quantitative estimate of drug-likeness (QED) is 0.897. The molecule has 2 fully saturated rings. The van der Waals surface area contributed by atoms with Crippen LogP contribution in [0, 0.1) is 0 Å². The van der Waals surface area contributed by atoms with Gasteiger partial charge in [-0.1, -0.05) is 31.4 Å². The number of hydrogen-bond donors (Lipinski definition) is 2. The van der Waals surface area contributed by atoms with Gasteiger partial charge in [-0.15, -0.1) is 0 Å². The van der Waals surface area contributed by atoms with E-state index in [9.17, 15) is 4.79 Å². The van der Waals surface area contributed by atoms with Gasteiger partial charge in [-0.25, -0.2) is 0 Å². The van der Waals surface area contributed by atoms with Gasteiger partial charge in [-0.05, 0) is 63.0 Å². The molecule has 2 N–H and O–H groups in total. The predicted octanol–water partition coefficient (Wildman–Crippen LogP) is 3.14. The fourth-order valence-corrected chi connectivity index (χ4v) is 3.55. The molecule has 1 unspecified atom stereocenters. The van der Waals surface area contributed by atoms with Crippen LogP contribution in [-0.4, -0.2) is 36.5 Å². The predicted molar refractivity (Wildman–Crippen MR) is 94.5 cm³/mol. The second-order valence-corrected chi connectivity index (χ2v) is 6.88. The largest absolute Gasteiger partial charge is 0.325 e. The van der Waals surface area contributed by atoms with E-state index in [4.69, 9.17) is 0 Å². The summed E-state index contributed by atoms with van der Waals surface area (Å²) in [5, 5.41) is 6.33. The van der Waals surface area contributed by atoms with Gasteiger partial charge in [0.15, 0.2) is 0 Å². The van der Waals surface area contributed by atoms with Gasteiger partial charge in [-0.2, -0.15) is 0 Å². The maximum absolute atomic E-state index is 12.2. The van der Waals surface area contributed by atoms with E-state index in [1.165, 1.54) is 50.8 Å². The molecule has 2 saturated heterocycles. The molecule has 126 valence electrons. The Bertz CT molecular complexity index is 486. The third-order valence-corrected chi connectivity index (χ3v) is 4.95. The second-order valence-electron chi connectivity index (χ2n) is 6.88. The zero-order valence-corrected chi connectivity index (χ0v) is 14.0. The third kappa shape index (κ3) is 5.05. The molecular weight excluding hydrogens is 286 g/mol. The molecule has 0 saturated carbocycles. The van der Waals surface area contributed by atoms with Gasteiger partial charge in [-0.3, -0.25) is 9.69 Å². The van der Waals surface area contributed by atoms with Gasteiger partial charge in [0.2, 0.25) is 5.91 Å². The number of rotatable bonds is 4. The number of amides is 1. The summed E-state index contributed by atoms with van der Waals surface area (Å²) in [6.45, 7) is 4.41. The first-order valence-electron chi connectivity index (χ1n) is 9.17. The number of hydrogen-bond acceptors (Lipinski definition) is 3. The van der Waals surface area contributed by atoms with Gasteiger partial charge in [0.05, 0.1) is 6.04 Å². The van der Waals surface area contributed by atoms with Crippen molar-refractivity contribution in [1.82, 2.24) is 10.2 Å². The Hall–Kier alpha value is -1.39. The minimum Gasteiger partial charge on any atom is -0.325 e. The third-order valence-electron chi connectivity index (χ3n) is 4.95. The molecule has 0 spiro atoms. The van der Waals surface area contributed by atoms with Crippen molar-refractivity contribution in [2.75, 3.05) is 25.0 Å². The van der Waals surface area contributed by atoms with E-state index in [2.05, 4.69) is 27.7 Å². The van der Waals surface area contributed by atoms with Gasteiger partial charge in [0, 0.05) is 12.2 Å². The van der Waals surface area contributed by atoms with Crippen molar-refractivity contribution in [3.63, 3.8) is 0 Å². The van der Waals surface area contributed by atoms with Crippen molar-refractivity contribution < 1.29 is 4.79 Å². The van der Waals surface area contributed by atoms with Crippen LogP contribution in [0.15, 0.2) is 24.3 Å². The summed E-state index contributed by atoms with van der Waals surface area (Å²) in [5.74, 6) is 0.102. The molecule has 4 heteroatoms. The number of carbonyl (C=O) groups is 1. The number of likely N-dealkylation sites (tertiary alicyclic amines) is 1. The fraction of sp³-hybridized carbons (Fsp3) is 0.632. The van der Waals surface area contributed by atoms with Crippen LogP contribution in [0.5, 0.6) is 0 Å². The van der Waals surface area contributed by atoms with E-state index >= 15 is 0 Å². The Balaban J connectivity index is 1.51. The number of nitrogens with zero attached hydrogens (tertiary/aromatic N) is 1. The normalized spacial score (nSPS) is 23.2. The molecule has 0 aliphatic carbocycles. The molecule has 0 radical (unpaired) electrons. The van der Waals surface area contributed by atoms with Crippen LogP contribution in [-0.2, 0) is 11.3 Å². The Morgan fingerprint density at radius 2 is 1.78 bits per heavy atom. The summed E-state index contributed by atoms with van der Waals surface area (Å²) in [4.78, 5) is 14.8. The highest BCUT2D eigenvalue weighted by Crippen LogP contribution is 2.16. The van der Waals surface area contributed by atoms with E-state index in [-0.39, 0.29) is 11.9 Å². The number of benzene rings is 1. The molecule has 1 atom stereocenters. The molecule has 2 heterocycles. The molecule has 0 aromatic heterocycles. The first-order chi connectivity index (χ1) is 11.3. The zero-order valence-electron chi connectivity index (χ0n) is 14.0. The lowest BCUT2D eigenvalue weighted by atomic mass is 10.0. The smallest absolute Gasteiger partial charge is 0.241 e. The lowest BCUT2D eigenvalue weighted by molar-refractivity contribution is -0.118. The molecule has 3 rings (SSSR count). The van der Waals surface area contributed by atoms with Gasteiger partial charge in [0.1, 0.15) is 0 Å². The highest BCUT2D eigenvalue weighted by molar-refractivity contribution is 5.94.